The summed E-state index contributed by atoms with van der Waals surface area (Å²) in [5.41, 5.74) is 0.923. The molecule has 0 unspecified atom stereocenters. The summed E-state index contributed by atoms with van der Waals surface area (Å²) in [5, 5.41) is 0. The van der Waals surface area contributed by atoms with Crippen molar-refractivity contribution in [3.8, 4) is 0 Å². The number of nitrogens with one attached hydrogen (secondary N) is 1. The first kappa shape index (κ1) is 13.1. The molecule has 0 bridgehead atoms. The number of rotatable bonds is 6. The standard InChI is InChI=1S/C10H16N2O3S/c1-3-15-11-16(13,14)12(2)9-10-7-5-4-6-8-10/h4-8,11H,3,9H2,1-2H3. The van der Waals surface area contributed by atoms with Gasteiger partial charge in [0.2, 0.25) is 0 Å². The summed E-state index contributed by atoms with van der Waals surface area (Å²) >= 11 is 0. The van der Waals surface area contributed by atoms with E-state index >= 15 is 0 Å². The van der Waals surface area contributed by atoms with Crippen molar-refractivity contribution in [2.45, 2.75) is 13.5 Å². The van der Waals surface area contributed by atoms with Crippen LogP contribution < -0.4 is 4.89 Å². The molecule has 0 aliphatic heterocycles. The molecule has 0 saturated carbocycles. The number of hydrogen-bond donors (Lipinski definition) is 1. The average Bonchev–Trinajstić information content (AvgIpc) is 2.28. The lowest BCUT2D eigenvalue weighted by Crippen LogP contribution is -2.37. The topological polar surface area (TPSA) is 58.6 Å². The zero-order valence-corrected chi connectivity index (χ0v) is 10.2. The maximum Gasteiger partial charge on any atom is 0.301 e. The third-order valence-electron chi connectivity index (χ3n) is 1.97. The molecule has 6 heteroatoms. The monoisotopic (exact) mass is 244 g/mol. The van der Waals surface area contributed by atoms with Gasteiger partial charge < -0.3 is 0 Å². The maximum absolute atomic E-state index is 11.6. The zero-order valence-electron chi connectivity index (χ0n) is 9.38. The van der Waals surface area contributed by atoms with Crippen molar-refractivity contribution in [3.63, 3.8) is 0 Å². The molecule has 0 spiro atoms. The first-order valence-corrected chi connectivity index (χ1v) is 6.39. The van der Waals surface area contributed by atoms with Crippen molar-refractivity contribution >= 4 is 10.2 Å². The van der Waals surface area contributed by atoms with E-state index in [1.54, 1.807) is 6.92 Å². The van der Waals surface area contributed by atoms with Crippen molar-refractivity contribution in [1.29, 1.82) is 0 Å². The predicted molar refractivity (Wildman–Crippen MR) is 61.6 cm³/mol. The van der Waals surface area contributed by atoms with Crippen LogP contribution in [0.25, 0.3) is 0 Å². The Morgan fingerprint density at radius 1 is 1.31 bits per heavy atom. The third-order valence-corrected chi connectivity index (χ3v) is 3.25. The Hall–Kier alpha value is -0.950. The first-order chi connectivity index (χ1) is 7.56. The van der Waals surface area contributed by atoms with Crippen LogP contribution in [0.4, 0.5) is 0 Å². The van der Waals surface area contributed by atoms with Crippen LogP contribution in [0.3, 0.4) is 0 Å². The lowest BCUT2D eigenvalue weighted by atomic mass is 10.2. The molecule has 16 heavy (non-hydrogen) atoms. The molecular weight excluding hydrogens is 228 g/mol. The van der Waals surface area contributed by atoms with Gasteiger partial charge in [0, 0.05) is 13.6 Å². The Kier molecular flexibility index (Phi) is 4.88. The van der Waals surface area contributed by atoms with Crippen LogP contribution >= 0.6 is 0 Å². The van der Waals surface area contributed by atoms with E-state index in [4.69, 9.17) is 0 Å². The van der Waals surface area contributed by atoms with Gasteiger partial charge in [0.25, 0.3) is 0 Å². The van der Waals surface area contributed by atoms with Crippen molar-refractivity contribution in [2.24, 2.45) is 0 Å². The molecule has 0 aliphatic rings. The predicted octanol–water partition coefficient (Wildman–Crippen LogP) is 0.904. The number of nitrogens with zero attached hydrogens (tertiary/aromatic N) is 1. The number of hydrogen-bond acceptors (Lipinski definition) is 3. The van der Waals surface area contributed by atoms with Gasteiger partial charge in [-0.25, -0.2) is 0 Å². The lowest BCUT2D eigenvalue weighted by Gasteiger charge is -2.16. The van der Waals surface area contributed by atoms with E-state index in [0.29, 0.717) is 13.2 Å². The number of benzene rings is 1. The fourth-order valence-electron chi connectivity index (χ4n) is 1.12. The molecule has 0 fully saturated rings. The van der Waals surface area contributed by atoms with Crippen molar-refractivity contribution < 1.29 is 13.3 Å². The molecule has 1 aromatic carbocycles. The summed E-state index contributed by atoms with van der Waals surface area (Å²) < 4.78 is 24.4. The molecule has 0 amide bonds. The smallest absolute Gasteiger partial charge is 0.286 e. The van der Waals surface area contributed by atoms with Crippen molar-refractivity contribution in [1.82, 2.24) is 9.19 Å². The second-order valence-corrected chi connectivity index (χ2v) is 5.00. The SMILES string of the molecule is CCONS(=O)(=O)N(C)Cc1ccccc1. The van der Waals surface area contributed by atoms with Gasteiger partial charge in [-0.3, -0.25) is 4.84 Å². The van der Waals surface area contributed by atoms with Crippen LogP contribution in [0.2, 0.25) is 0 Å². The van der Waals surface area contributed by atoms with Crippen molar-refractivity contribution in [3.05, 3.63) is 35.9 Å². The summed E-state index contributed by atoms with van der Waals surface area (Å²) in [5.74, 6) is 0. The average molecular weight is 244 g/mol. The Morgan fingerprint density at radius 2 is 1.94 bits per heavy atom. The van der Waals surface area contributed by atoms with E-state index < -0.39 is 10.2 Å². The molecule has 1 rings (SSSR count). The third kappa shape index (κ3) is 3.90. The Balaban J connectivity index is 2.61. The summed E-state index contributed by atoms with van der Waals surface area (Å²) in [4.78, 5) is 6.70. The van der Waals surface area contributed by atoms with Gasteiger partial charge in [-0.2, -0.15) is 12.7 Å². The minimum atomic E-state index is -3.56. The minimum absolute atomic E-state index is 0.290. The molecule has 1 N–H and O–H groups in total. The zero-order chi connectivity index (χ0) is 12.0. The molecule has 0 radical (unpaired) electrons. The second-order valence-electron chi connectivity index (χ2n) is 3.26. The van der Waals surface area contributed by atoms with E-state index in [1.807, 2.05) is 35.2 Å². The molecule has 5 nitrogen and oxygen atoms in total. The largest absolute Gasteiger partial charge is 0.301 e. The highest BCUT2D eigenvalue weighted by Gasteiger charge is 2.17. The molecule has 1 aromatic rings. The normalized spacial score (nSPS) is 11.9. The van der Waals surface area contributed by atoms with E-state index in [0.717, 1.165) is 5.56 Å². The summed E-state index contributed by atoms with van der Waals surface area (Å²) in [7, 11) is -2.07. The van der Waals surface area contributed by atoms with Crippen LogP contribution in [0.5, 0.6) is 0 Å². The van der Waals surface area contributed by atoms with Gasteiger partial charge in [-0.05, 0) is 12.5 Å². The Morgan fingerprint density at radius 3 is 2.50 bits per heavy atom. The van der Waals surface area contributed by atoms with E-state index in [1.165, 1.54) is 11.4 Å². The fraction of sp³-hybridized carbons (Fsp3) is 0.400. The molecule has 0 aromatic heterocycles. The van der Waals surface area contributed by atoms with Crippen LogP contribution in [0.15, 0.2) is 30.3 Å². The molecular formula is C10H16N2O3S. The van der Waals surface area contributed by atoms with Gasteiger partial charge in [0.15, 0.2) is 0 Å². The van der Waals surface area contributed by atoms with Gasteiger partial charge in [0.1, 0.15) is 0 Å². The van der Waals surface area contributed by atoms with Crippen LogP contribution in [-0.4, -0.2) is 26.4 Å². The molecule has 0 aliphatic carbocycles. The summed E-state index contributed by atoms with van der Waals surface area (Å²) in [6.07, 6.45) is 0. The van der Waals surface area contributed by atoms with E-state index in [2.05, 4.69) is 4.84 Å². The van der Waals surface area contributed by atoms with Gasteiger partial charge in [0.05, 0.1) is 6.61 Å². The minimum Gasteiger partial charge on any atom is -0.286 e. The van der Waals surface area contributed by atoms with E-state index in [9.17, 15) is 8.42 Å². The van der Waals surface area contributed by atoms with Crippen LogP contribution in [-0.2, 0) is 21.6 Å². The highest BCUT2D eigenvalue weighted by atomic mass is 32.2. The maximum atomic E-state index is 11.6. The van der Waals surface area contributed by atoms with Gasteiger partial charge in [-0.15, -0.1) is 0 Å². The van der Waals surface area contributed by atoms with Crippen LogP contribution in [0, 0.1) is 0 Å². The fourth-order valence-corrected chi connectivity index (χ4v) is 1.84. The Labute approximate surface area is 96.2 Å². The van der Waals surface area contributed by atoms with Crippen LogP contribution in [0.1, 0.15) is 12.5 Å². The molecule has 90 valence electrons. The first-order valence-electron chi connectivity index (χ1n) is 4.95. The molecule has 0 atom stereocenters. The van der Waals surface area contributed by atoms with Gasteiger partial charge in [-0.1, -0.05) is 35.2 Å². The lowest BCUT2D eigenvalue weighted by molar-refractivity contribution is 0.100. The summed E-state index contributed by atoms with van der Waals surface area (Å²) in [6, 6.07) is 9.35. The Bertz CT molecular complexity index is 405. The highest BCUT2D eigenvalue weighted by molar-refractivity contribution is 7.86. The molecule has 0 saturated heterocycles. The second kappa shape index (κ2) is 5.95. The highest BCUT2D eigenvalue weighted by Crippen LogP contribution is 2.05. The van der Waals surface area contributed by atoms with Crippen molar-refractivity contribution in [2.75, 3.05) is 13.7 Å². The molecule has 0 heterocycles. The van der Waals surface area contributed by atoms with Gasteiger partial charge >= 0.3 is 10.2 Å². The van der Waals surface area contributed by atoms with E-state index in [-0.39, 0.29) is 0 Å². The quantitative estimate of drug-likeness (QED) is 0.756. The summed E-state index contributed by atoms with van der Waals surface area (Å²) in [6.45, 7) is 2.31.